The van der Waals surface area contributed by atoms with Gasteiger partial charge in [0.2, 0.25) is 0 Å². The molecule has 0 spiro atoms. The highest BCUT2D eigenvalue weighted by Gasteiger charge is 2.19. The van der Waals surface area contributed by atoms with Crippen LogP contribution in [0, 0.1) is 5.82 Å². The molecule has 0 saturated carbocycles. The largest absolute Gasteiger partial charge is 0.493 e. The van der Waals surface area contributed by atoms with Crippen molar-refractivity contribution in [2.24, 2.45) is 4.99 Å². The van der Waals surface area contributed by atoms with Crippen LogP contribution < -0.4 is 19.7 Å². The summed E-state index contributed by atoms with van der Waals surface area (Å²) in [5, 5.41) is 3.45. The highest BCUT2D eigenvalue weighted by atomic mass is 19.1. The Morgan fingerprint density at radius 1 is 1.00 bits per heavy atom. The average molecular weight is 400 g/mol. The van der Waals surface area contributed by atoms with Gasteiger partial charge in [-0.25, -0.2) is 4.39 Å². The molecule has 2 aromatic carbocycles. The maximum absolute atomic E-state index is 13.1. The SMILES string of the molecule is CN=C(NCCc1ccc(OC)c(OC)c1)N1CCN(c2ccc(F)cc2)CC1. The second-order valence-electron chi connectivity index (χ2n) is 6.86. The van der Waals surface area contributed by atoms with E-state index in [0.29, 0.717) is 0 Å². The van der Waals surface area contributed by atoms with Gasteiger partial charge in [0, 0.05) is 45.5 Å². The summed E-state index contributed by atoms with van der Waals surface area (Å²) in [6.07, 6.45) is 0.856. The van der Waals surface area contributed by atoms with Crippen LogP contribution in [0.2, 0.25) is 0 Å². The standard InChI is InChI=1S/C22H29FN4O2/c1-24-22(25-11-10-17-4-9-20(28-2)21(16-17)29-3)27-14-12-26(13-15-27)19-7-5-18(23)6-8-19/h4-9,16H,10-15H2,1-3H3,(H,24,25). The predicted molar refractivity (Wildman–Crippen MR) is 115 cm³/mol. The normalized spacial score (nSPS) is 14.7. The number of ether oxygens (including phenoxy) is 2. The van der Waals surface area contributed by atoms with Gasteiger partial charge in [0.25, 0.3) is 0 Å². The van der Waals surface area contributed by atoms with E-state index < -0.39 is 0 Å². The molecule has 1 heterocycles. The van der Waals surface area contributed by atoms with Crippen molar-refractivity contribution in [2.45, 2.75) is 6.42 Å². The number of nitrogens with zero attached hydrogens (tertiary/aromatic N) is 3. The molecule has 0 radical (unpaired) electrons. The van der Waals surface area contributed by atoms with E-state index in [9.17, 15) is 4.39 Å². The number of aliphatic imine (C=N–C) groups is 1. The van der Waals surface area contributed by atoms with Crippen molar-refractivity contribution in [1.29, 1.82) is 0 Å². The fraction of sp³-hybridized carbons (Fsp3) is 0.409. The van der Waals surface area contributed by atoms with Crippen LogP contribution in [0.15, 0.2) is 47.5 Å². The van der Waals surface area contributed by atoms with Crippen LogP contribution in [0.4, 0.5) is 10.1 Å². The third-order valence-corrected chi connectivity index (χ3v) is 5.13. The van der Waals surface area contributed by atoms with E-state index >= 15 is 0 Å². The molecule has 2 aromatic rings. The van der Waals surface area contributed by atoms with E-state index in [1.54, 1.807) is 14.2 Å². The lowest BCUT2D eigenvalue weighted by Crippen LogP contribution is -2.52. The molecule has 1 fully saturated rings. The van der Waals surface area contributed by atoms with E-state index in [1.807, 2.05) is 37.4 Å². The van der Waals surface area contributed by atoms with E-state index in [1.165, 1.54) is 17.7 Å². The highest BCUT2D eigenvalue weighted by molar-refractivity contribution is 5.80. The van der Waals surface area contributed by atoms with Gasteiger partial charge < -0.3 is 24.6 Å². The van der Waals surface area contributed by atoms with Gasteiger partial charge in [0.05, 0.1) is 14.2 Å². The predicted octanol–water partition coefficient (Wildman–Crippen LogP) is 2.78. The van der Waals surface area contributed by atoms with Crippen molar-refractivity contribution in [2.75, 3.05) is 58.9 Å². The van der Waals surface area contributed by atoms with Crippen LogP contribution in [0.1, 0.15) is 5.56 Å². The maximum Gasteiger partial charge on any atom is 0.193 e. The summed E-state index contributed by atoms with van der Waals surface area (Å²) in [6, 6.07) is 12.7. The number of hydrogen-bond acceptors (Lipinski definition) is 4. The molecule has 7 heteroatoms. The number of guanidine groups is 1. The van der Waals surface area contributed by atoms with Crippen LogP contribution in [-0.2, 0) is 6.42 Å². The minimum absolute atomic E-state index is 0.202. The van der Waals surface area contributed by atoms with E-state index in [2.05, 4.69) is 20.1 Å². The fourth-order valence-corrected chi connectivity index (χ4v) is 3.52. The number of piperazine rings is 1. The highest BCUT2D eigenvalue weighted by Crippen LogP contribution is 2.27. The molecule has 0 aromatic heterocycles. The van der Waals surface area contributed by atoms with E-state index in [-0.39, 0.29) is 5.82 Å². The molecule has 1 aliphatic rings. The van der Waals surface area contributed by atoms with E-state index in [4.69, 9.17) is 9.47 Å². The Kier molecular flexibility index (Phi) is 7.16. The third kappa shape index (κ3) is 5.31. The molecule has 156 valence electrons. The lowest BCUT2D eigenvalue weighted by atomic mass is 10.1. The monoisotopic (exact) mass is 400 g/mol. The molecular formula is C22H29FN4O2. The Morgan fingerprint density at radius 2 is 1.69 bits per heavy atom. The molecule has 1 aliphatic heterocycles. The zero-order chi connectivity index (χ0) is 20.6. The topological polar surface area (TPSA) is 49.3 Å². The molecular weight excluding hydrogens is 371 g/mol. The van der Waals surface area contributed by atoms with E-state index in [0.717, 1.165) is 62.3 Å². The molecule has 0 aliphatic carbocycles. The van der Waals surface area contributed by atoms with Gasteiger partial charge in [-0.1, -0.05) is 6.07 Å². The summed E-state index contributed by atoms with van der Waals surface area (Å²) in [7, 11) is 5.09. The van der Waals surface area contributed by atoms with Crippen molar-refractivity contribution in [3.63, 3.8) is 0 Å². The quantitative estimate of drug-likeness (QED) is 0.597. The minimum Gasteiger partial charge on any atom is -0.493 e. The number of halogens is 1. The van der Waals surface area contributed by atoms with Gasteiger partial charge in [-0.2, -0.15) is 0 Å². The first-order chi connectivity index (χ1) is 14.1. The first-order valence-corrected chi connectivity index (χ1v) is 9.81. The second kappa shape index (κ2) is 10.0. The van der Waals surface area contributed by atoms with Gasteiger partial charge in [0.1, 0.15) is 5.82 Å². The Bertz CT molecular complexity index is 818. The summed E-state index contributed by atoms with van der Waals surface area (Å²) >= 11 is 0. The summed E-state index contributed by atoms with van der Waals surface area (Å²) in [5.74, 6) is 2.18. The molecule has 0 bridgehead atoms. The zero-order valence-corrected chi connectivity index (χ0v) is 17.3. The lowest BCUT2D eigenvalue weighted by molar-refractivity contribution is 0.354. The summed E-state index contributed by atoms with van der Waals surface area (Å²) < 4.78 is 23.8. The summed E-state index contributed by atoms with van der Waals surface area (Å²) in [4.78, 5) is 8.96. The van der Waals surface area contributed by atoms with Crippen LogP contribution in [0.25, 0.3) is 0 Å². The first-order valence-electron chi connectivity index (χ1n) is 9.81. The maximum atomic E-state index is 13.1. The Morgan fingerprint density at radius 3 is 2.31 bits per heavy atom. The van der Waals surface area contributed by atoms with Crippen molar-refractivity contribution >= 4 is 11.6 Å². The molecule has 6 nitrogen and oxygen atoms in total. The Labute approximate surface area is 171 Å². The molecule has 29 heavy (non-hydrogen) atoms. The van der Waals surface area contributed by atoms with Crippen molar-refractivity contribution in [1.82, 2.24) is 10.2 Å². The second-order valence-corrected chi connectivity index (χ2v) is 6.86. The van der Waals surface area contributed by atoms with Gasteiger partial charge in [-0.3, -0.25) is 4.99 Å². The smallest absolute Gasteiger partial charge is 0.193 e. The number of anilines is 1. The van der Waals surface area contributed by atoms with Crippen molar-refractivity contribution < 1.29 is 13.9 Å². The lowest BCUT2D eigenvalue weighted by Gasteiger charge is -2.37. The molecule has 0 amide bonds. The molecule has 1 saturated heterocycles. The molecule has 0 unspecified atom stereocenters. The Balaban J connectivity index is 1.49. The van der Waals surface area contributed by atoms with Gasteiger partial charge in [-0.15, -0.1) is 0 Å². The van der Waals surface area contributed by atoms with Crippen molar-refractivity contribution in [3.05, 3.63) is 53.8 Å². The number of rotatable bonds is 6. The zero-order valence-electron chi connectivity index (χ0n) is 17.3. The van der Waals surface area contributed by atoms with Gasteiger partial charge >= 0.3 is 0 Å². The van der Waals surface area contributed by atoms with Gasteiger partial charge in [0.15, 0.2) is 17.5 Å². The van der Waals surface area contributed by atoms with Crippen LogP contribution in [-0.4, -0.2) is 64.9 Å². The number of benzene rings is 2. The number of methoxy groups -OCH3 is 2. The molecule has 1 N–H and O–H groups in total. The van der Waals surface area contributed by atoms with Gasteiger partial charge in [-0.05, 0) is 48.4 Å². The van der Waals surface area contributed by atoms with Crippen molar-refractivity contribution in [3.8, 4) is 11.5 Å². The van der Waals surface area contributed by atoms with Crippen LogP contribution in [0.3, 0.4) is 0 Å². The first kappa shape index (κ1) is 20.8. The average Bonchev–Trinajstić information content (AvgIpc) is 2.77. The summed E-state index contributed by atoms with van der Waals surface area (Å²) in [5.41, 5.74) is 2.23. The number of nitrogens with one attached hydrogen (secondary N) is 1. The fourth-order valence-electron chi connectivity index (χ4n) is 3.52. The summed E-state index contributed by atoms with van der Waals surface area (Å²) in [6.45, 7) is 4.27. The number of hydrogen-bond donors (Lipinski definition) is 1. The Hall–Kier alpha value is -2.96. The molecule has 0 atom stereocenters. The third-order valence-electron chi connectivity index (χ3n) is 5.13. The molecule has 3 rings (SSSR count). The minimum atomic E-state index is -0.202. The van der Waals surface area contributed by atoms with Crippen LogP contribution >= 0.6 is 0 Å². The van der Waals surface area contributed by atoms with Crippen LogP contribution in [0.5, 0.6) is 11.5 Å².